The Bertz CT molecular complexity index is 495. The Morgan fingerprint density at radius 1 is 1.55 bits per heavy atom. The fourth-order valence-corrected chi connectivity index (χ4v) is 3.06. The number of thioether (sulfide) groups is 1. The summed E-state index contributed by atoms with van der Waals surface area (Å²) < 4.78 is 5.46. The molecule has 1 aliphatic heterocycles. The lowest BCUT2D eigenvalue weighted by Gasteiger charge is -2.18. The molecule has 2 amide bonds. The van der Waals surface area contributed by atoms with Crippen molar-refractivity contribution < 1.29 is 9.53 Å². The summed E-state index contributed by atoms with van der Waals surface area (Å²) in [4.78, 5) is 14.2. The summed E-state index contributed by atoms with van der Waals surface area (Å²) in [5, 5.41) is 3.45. The van der Waals surface area contributed by atoms with E-state index in [1.165, 1.54) is 5.56 Å². The number of hydrogen-bond donors (Lipinski definition) is 1. The first-order valence-electron chi connectivity index (χ1n) is 7.90. The number of carbonyl (C=O) groups excluding carboxylic acids is 1. The second kappa shape index (κ2) is 8.44. The third kappa shape index (κ3) is 4.65. The van der Waals surface area contributed by atoms with E-state index in [0.29, 0.717) is 11.2 Å². The Labute approximate surface area is 137 Å². The van der Waals surface area contributed by atoms with Crippen LogP contribution in [-0.2, 0) is 4.74 Å². The highest BCUT2D eigenvalue weighted by molar-refractivity contribution is 7.98. The molecule has 2 rings (SSSR count). The quantitative estimate of drug-likeness (QED) is 0.860. The molecule has 2 atom stereocenters. The lowest BCUT2D eigenvalue weighted by molar-refractivity contribution is 0.113. The van der Waals surface area contributed by atoms with E-state index < -0.39 is 0 Å². The zero-order chi connectivity index (χ0) is 15.9. The Balaban J connectivity index is 1.90. The molecule has 1 fully saturated rings. The largest absolute Gasteiger partial charge is 0.381 e. The van der Waals surface area contributed by atoms with E-state index in [-0.39, 0.29) is 6.03 Å². The van der Waals surface area contributed by atoms with Crippen LogP contribution in [0.2, 0.25) is 0 Å². The second-order valence-electron chi connectivity index (χ2n) is 5.69. The van der Waals surface area contributed by atoms with Crippen LogP contribution < -0.4 is 5.32 Å². The van der Waals surface area contributed by atoms with Gasteiger partial charge in [0.15, 0.2) is 0 Å². The zero-order valence-corrected chi connectivity index (χ0v) is 14.5. The highest BCUT2D eigenvalue weighted by Crippen LogP contribution is 2.27. The number of nitrogens with one attached hydrogen (secondary N) is 1. The molecule has 5 heteroatoms. The molecule has 0 aliphatic carbocycles. The Hall–Kier alpha value is -1.20. The average Bonchev–Trinajstić information content (AvgIpc) is 3.01. The van der Waals surface area contributed by atoms with E-state index in [4.69, 9.17) is 4.74 Å². The third-order valence-electron chi connectivity index (χ3n) is 4.09. The summed E-state index contributed by atoms with van der Waals surface area (Å²) in [6, 6.07) is 8.10. The van der Waals surface area contributed by atoms with Crippen molar-refractivity contribution in [1.82, 2.24) is 4.90 Å². The van der Waals surface area contributed by atoms with Crippen LogP contribution in [0.1, 0.15) is 31.1 Å². The number of anilines is 1. The Kier molecular flexibility index (Phi) is 6.58. The molecular weight excluding hydrogens is 296 g/mol. The average molecular weight is 322 g/mol. The number of ether oxygens (including phenoxy) is 1. The predicted molar refractivity (Wildman–Crippen MR) is 93.6 cm³/mol. The molecule has 1 N–H and O–H groups in total. The van der Waals surface area contributed by atoms with Crippen molar-refractivity contribution >= 4 is 23.5 Å². The van der Waals surface area contributed by atoms with Gasteiger partial charge in [-0.05, 0) is 44.2 Å². The molecule has 0 bridgehead atoms. The maximum Gasteiger partial charge on any atom is 0.321 e. The molecule has 0 aromatic heterocycles. The Morgan fingerprint density at radius 3 is 3.09 bits per heavy atom. The van der Waals surface area contributed by atoms with Crippen LogP contribution in [0, 0.1) is 5.92 Å². The summed E-state index contributed by atoms with van der Waals surface area (Å²) in [5.74, 6) is 0.466. The highest BCUT2D eigenvalue weighted by Gasteiger charge is 2.26. The summed E-state index contributed by atoms with van der Waals surface area (Å²) in [7, 11) is 0. The second-order valence-corrected chi connectivity index (χ2v) is 6.87. The molecule has 1 aliphatic rings. The lowest BCUT2D eigenvalue weighted by atomic mass is 10.1. The molecule has 4 nitrogen and oxygen atoms in total. The van der Waals surface area contributed by atoms with Crippen molar-refractivity contribution in [3.63, 3.8) is 0 Å². The number of amides is 2. The zero-order valence-electron chi connectivity index (χ0n) is 13.7. The first-order chi connectivity index (χ1) is 10.6. The third-order valence-corrected chi connectivity index (χ3v) is 5.07. The van der Waals surface area contributed by atoms with E-state index in [9.17, 15) is 4.79 Å². The van der Waals surface area contributed by atoms with Gasteiger partial charge in [0.2, 0.25) is 0 Å². The number of rotatable bonds is 6. The van der Waals surface area contributed by atoms with Crippen molar-refractivity contribution in [2.45, 2.75) is 25.5 Å². The number of benzene rings is 1. The van der Waals surface area contributed by atoms with Gasteiger partial charge >= 0.3 is 6.03 Å². The van der Waals surface area contributed by atoms with Gasteiger partial charge in [-0.25, -0.2) is 4.79 Å². The molecule has 0 saturated carbocycles. The SMILES string of the molecule is CCOC[C@H]1CCN(C(=O)Nc2cccc([C@H](C)SC)c2)C1. The minimum atomic E-state index is -0.00652. The molecule has 1 heterocycles. The van der Waals surface area contributed by atoms with Gasteiger partial charge in [0.05, 0.1) is 6.61 Å². The van der Waals surface area contributed by atoms with Crippen LogP contribution in [0.5, 0.6) is 0 Å². The van der Waals surface area contributed by atoms with Crippen LogP contribution in [0.25, 0.3) is 0 Å². The van der Waals surface area contributed by atoms with Crippen molar-refractivity contribution in [3.8, 4) is 0 Å². The van der Waals surface area contributed by atoms with Crippen LogP contribution in [0.15, 0.2) is 24.3 Å². The molecule has 0 unspecified atom stereocenters. The van der Waals surface area contributed by atoms with Crippen LogP contribution >= 0.6 is 11.8 Å². The van der Waals surface area contributed by atoms with Gasteiger partial charge < -0.3 is 15.0 Å². The lowest BCUT2D eigenvalue weighted by Crippen LogP contribution is -2.33. The smallest absolute Gasteiger partial charge is 0.321 e. The van der Waals surface area contributed by atoms with Crippen molar-refractivity contribution in [1.29, 1.82) is 0 Å². The molecule has 122 valence electrons. The predicted octanol–water partition coefficient (Wildman–Crippen LogP) is 4.00. The maximum atomic E-state index is 12.4. The number of likely N-dealkylation sites (tertiary alicyclic amines) is 1. The topological polar surface area (TPSA) is 41.6 Å². The van der Waals surface area contributed by atoms with Gasteiger partial charge in [-0.2, -0.15) is 11.8 Å². The molecule has 1 saturated heterocycles. The summed E-state index contributed by atoms with van der Waals surface area (Å²) in [6.07, 6.45) is 3.12. The number of urea groups is 1. The molecular formula is C17H26N2O2S. The first kappa shape index (κ1) is 17.2. The van der Waals surface area contributed by atoms with Crippen molar-refractivity contribution in [2.24, 2.45) is 5.92 Å². The summed E-state index contributed by atoms with van der Waals surface area (Å²) in [5.41, 5.74) is 2.11. The van der Waals surface area contributed by atoms with E-state index in [1.807, 2.05) is 24.0 Å². The molecule has 1 aromatic carbocycles. The van der Waals surface area contributed by atoms with Gasteiger partial charge in [0.1, 0.15) is 0 Å². The van der Waals surface area contributed by atoms with E-state index in [1.54, 1.807) is 11.8 Å². The molecule has 0 radical (unpaired) electrons. The summed E-state index contributed by atoms with van der Waals surface area (Å²) in [6.45, 7) is 7.26. The fraction of sp³-hybridized carbons (Fsp3) is 0.588. The van der Waals surface area contributed by atoms with Crippen LogP contribution in [-0.4, -0.2) is 43.5 Å². The van der Waals surface area contributed by atoms with Crippen LogP contribution in [0.4, 0.5) is 10.5 Å². The number of carbonyl (C=O) groups is 1. The number of hydrogen-bond acceptors (Lipinski definition) is 3. The van der Waals surface area contributed by atoms with Gasteiger partial charge in [0.25, 0.3) is 0 Å². The minimum absolute atomic E-state index is 0.00652. The normalized spacial score (nSPS) is 19.2. The van der Waals surface area contributed by atoms with Crippen molar-refractivity contribution in [2.75, 3.05) is 37.9 Å². The van der Waals surface area contributed by atoms with E-state index in [0.717, 1.165) is 38.4 Å². The van der Waals surface area contributed by atoms with Gasteiger partial charge in [-0.3, -0.25) is 0 Å². The van der Waals surface area contributed by atoms with E-state index >= 15 is 0 Å². The first-order valence-corrected chi connectivity index (χ1v) is 9.19. The molecule has 22 heavy (non-hydrogen) atoms. The minimum Gasteiger partial charge on any atom is -0.381 e. The summed E-state index contributed by atoms with van der Waals surface area (Å²) >= 11 is 1.80. The van der Waals surface area contributed by atoms with E-state index in [2.05, 4.69) is 30.6 Å². The number of nitrogens with zero attached hydrogens (tertiary/aromatic N) is 1. The maximum absolute atomic E-state index is 12.4. The van der Waals surface area contributed by atoms with Crippen LogP contribution in [0.3, 0.4) is 0 Å². The van der Waals surface area contributed by atoms with Gasteiger partial charge in [-0.15, -0.1) is 0 Å². The standard InChI is InChI=1S/C17H26N2O2S/c1-4-21-12-14-8-9-19(11-14)17(20)18-16-7-5-6-15(10-16)13(2)22-3/h5-7,10,13-14H,4,8-9,11-12H2,1-3H3,(H,18,20)/t13-,14-/m0/s1. The van der Waals surface area contributed by atoms with Gasteiger partial charge in [-0.1, -0.05) is 12.1 Å². The molecule has 0 spiro atoms. The Morgan fingerprint density at radius 2 is 2.36 bits per heavy atom. The van der Waals surface area contributed by atoms with Crippen molar-refractivity contribution in [3.05, 3.63) is 29.8 Å². The highest BCUT2D eigenvalue weighted by atomic mass is 32.2. The fourth-order valence-electron chi connectivity index (χ4n) is 2.65. The molecule has 1 aromatic rings. The van der Waals surface area contributed by atoms with Gasteiger partial charge in [0, 0.05) is 36.6 Å². The monoisotopic (exact) mass is 322 g/mol.